The molecule has 0 radical (unpaired) electrons. The first kappa shape index (κ1) is 61.4. The molecule has 0 aliphatic carbocycles. The number of unbranched alkanes of at least 4 members (excludes halogenated alkanes) is 36. The molecule has 0 aromatic rings. The fraction of sp³-hybridized carbons (Fsp3) is 0.947. The minimum absolute atomic E-state index is 0.0644. The van der Waals surface area contributed by atoms with Crippen LogP contribution in [0.25, 0.3) is 0 Å². The van der Waals surface area contributed by atoms with Gasteiger partial charge in [-0.3, -0.25) is 14.4 Å². The van der Waals surface area contributed by atoms with Gasteiger partial charge in [-0.25, -0.2) is 0 Å². The minimum atomic E-state index is -0.760. The summed E-state index contributed by atoms with van der Waals surface area (Å²) in [6.07, 6.45) is 52.8. The van der Waals surface area contributed by atoms with Crippen LogP contribution in [0.4, 0.5) is 0 Å². The number of hydrogen-bond donors (Lipinski definition) is 0. The van der Waals surface area contributed by atoms with Gasteiger partial charge in [-0.15, -0.1) is 0 Å². The molecule has 0 heterocycles. The monoisotopic (exact) mass is 891 g/mol. The Morgan fingerprint density at radius 1 is 0.302 bits per heavy atom. The molecule has 0 aliphatic heterocycles. The summed E-state index contributed by atoms with van der Waals surface area (Å²) in [7, 11) is 0. The molecule has 0 bridgehead atoms. The maximum Gasteiger partial charge on any atom is 0.306 e. The third-order valence-electron chi connectivity index (χ3n) is 13.0. The minimum Gasteiger partial charge on any atom is -0.462 e. The average molecular weight is 892 g/mol. The fourth-order valence-corrected chi connectivity index (χ4v) is 8.70. The standard InChI is InChI=1S/C57H110O6/c1-6-7-8-35-44-49-57(60)63-54(51-62-56(59)48-43-39-34-30-26-22-18-14-13-16-20-24-28-32-37-41-46-53(4)5)50-61-55(58)47-42-38-33-29-25-21-17-12-10-9-11-15-19-23-27-31-36-40-45-52(2)3/h52-54H,6-51H2,1-5H3/t54-/m1/s1. The first-order valence-corrected chi connectivity index (χ1v) is 28.2. The summed E-state index contributed by atoms with van der Waals surface area (Å²) < 4.78 is 16.7. The van der Waals surface area contributed by atoms with E-state index in [1.807, 2.05) is 0 Å². The topological polar surface area (TPSA) is 78.9 Å². The van der Waals surface area contributed by atoms with E-state index in [4.69, 9.17) is 14.2 Å². The van der Waals surface area contributed by atoms with E-state index in [0.717, 1.165) is 76.0 Å². The molecule has 0 amide bonds. The van der Waals surface area contributed by atoms with E-state index in [1.54, 1.807) is 0 Å². The number of carbonyl (C=O) groups excluding carboxylic acids is 3. The fourth-order valence-electron chi connectivity index (χ4n) is 8.70. The largest absolute Gasteiger partial charge is 0.462 e. The van der Waals surface area contributed by atoms with Gasteiger partial charge in [0.2, 0.25) is 0 Å². The lowest BCUT2D eigenvalue weighted by atomic mass is 10.0. The number of carbonyl (C=O) groups is 3. The van der Waals surface area contributed by atoms with Crippen LogP contribution in [-0.2, 0) is 28.6 Å². The van der Waals surface area contributed by atoms with Crippen LogP contribution in [0.2, 0.25) is 0 Å². The molecule has 1 atom stereocenters. The quantitative estimate of drug-likeness (QED) is 0.0344. The summed E-state index contributed by atoms with van der Waals surface area (Å²) >= 11 is 0. The Labute approximate surface area is 393 Å². The summed E-state index contributed by atoms with van der Waals surface area (Å²) in [4.78, 5) is 37.7. The highest BCUT2D eigenvalue weighted by molar-refractivity contribution is 5.71. The van der Waals surface area contributed by atoms with Crippen LogP contribution in [0.3, 0.4) is 0 Å². The highest BCUT2D eigenvalue weighted by Crippen LogP contribution is 2.18. The molecule has 0 spiro atoms. The number of esters is 3. The van der Waals surface area contributed by atoms with Crippen molar-refractivity contribution < 1.29 is 28.6 Å². The van der Waals surface area contributed by atoms with E-state index < -0.39 is 6.10 Å². The predicted octanol–water partition coefficient (Wildman–Crippen LogP) is 18.5. The number of ether oxygens (including phenoxy) is 3. The Morgan fingerprint density at radius 3 is 0.778 bits per heavy atom. The van der Waals surface area contributed by atoms with E-state index in [0.29, 0.717) is 19.3 Å². The summed E-state index contributed by atoms with van der Waals surface area (Å²) in [6, 6.07) is 0. The zero-order valence-corrected chi connectivity index (χ0v) is 43.2. The summed E-state index contributed by atoms with van der Waals surface area (Å²) in [5.41, 5.74) is 0. The van der Waals surface area contributed by atoms with Crippen molar-refractivity contribution in [1.29, 1.82) is 0 Å². The SMILES string of the molecule is CCCCCCCC(=O)O[C@H](COC(=O)CCCCCCCCCCCCCCCCCCCCC(C)C)COC(=O)CCCCCCCCCCCCCCCCCCC(C)C. The Bertz CT molecular complexity index is 962. The van der Waals surface area contributed by atoms with Crippen LogP contribution in [0.15, 0.2) is 0 Å². The zero-order chi connectivity index (χ0) is 46.1. The third kappa shape index (κ3) is 51.3. The van der Waals surface area contributed by atoms with Gasteiger partial charge in [0.1, 0.15) is 13.2 Å². The summed E-state index contributed by atoms with van der Waals surface area (Å²) in [6.45, 7) is 11.4. The second kappa shape index (κ2) is 49.8. The molecule has 63 heavy (non-hydrogen) atoms. The van der Waals surface area contributed by atoms with Crippen LogP contribution >= 0.6 is 0 Å². The lowest BCUT2D eigenvalue weighted by molar-refractivity contribution is -0.167. The van der Waals surface area contributed by atoms with E-state index in [1.165, 1.54) is 199 Å². The van der Waals surface area contributed by atoms with Gasteiger partial charge in [-0.1, -0.05) is 279 Å². The number of rotatable bonds is 51. The van der Waals surface area contributed by atoms with Crippen LogP contribution in [0, 0.1) is 11.8 Å². The molecule has 374 valence electrons. The molecule has 0 saturated heterocycles. The average Bonchev–Trinajstić information content (AvgIpc) is 3.25. The lowest BCUT2D eigenvalue weighted by Gasteiger charge is -2.18. The first-order valence-electron chi connectivity index (χ1n) is 28.2. The van der Waals surface area contributed by atoms with Crippen LogP contribution in [0.1, 0.15) is 317 Å². The van der Waals surface area contributed by atoms with Crippen molar-refractivity contribution in [2.75, 3.05) is 13.2 Å². The van der Waals surface area contributed by atoms with Gasteiger partial charge < -0.3 is 14.2 Å². The Kier molecular flexibility index (Phi) is 48.6. The van der Waals surface area contributed by atoms with Gasteiger partial charge in [0.05, 0.1) is 0 Å². The molecule has 0 fully saturated rings. The van der Waals surface area contributed by atoms with Gasteiger partial charge in [0.15, 0.2) is 6.10 Å². The Hall–Kier alpha value is -1.59. The highest BCUT2D eigenvalue weighted by Gasteiger charge is 2.19. The molecule has 0 N–H and O–H groups in total. The van der Waals surface area contributed by atoms with Gasteiger partial charge in [-0.2, -0.15) is 0 Å². The molecule has 0 saturated carbocycles. The van der Waals surface area contributed by atoms with Crippen molar-refractivity contribution in [2.24, 2.45) is 11.8 Å². The van der Waals surface area contributed by atoms with Crippen molar-refractivity contribution in [1.82, 2.24) is 0 Å². The predicted molar refractivity (Wildman–Crippen MR) is 270 cm³/mol. The van der Waals surface area contributed by atoms with Gasteiger partial charge >= 0.3 is 17.9 Å². The maximum absolute atomic E-state index is 12.6. The normalized spacial score (nSPS) is 12.0. The Balaban J connectivity index is 3.99. The Morgan fingerprint density at radius 2 is 0.524 bits per heavy atom. The first-order chi connectivity index (χ1) is 30.7. The van der Waals surface area contributed by atoms with Crippen molar-refractivity contribution in [2.45, 2.75) is 323 Å². The molecule has 0 aliphatic rings. The molecule has 0 unspecified atom stereocenters. The number of hydrogen-bond acceptors (Lipinski definition) is 6. The van der Waals surface area contributed by atoms with Gasteiger partial charge in [-0.05, 0) is 31.1 Å². The molecule has 6 nitrogen and oxygen atoms in total. The molecular weight excluding hydrogens is 781 g/mol. The van der Waals surface area contributed by atoms with Crippen LogP contribution in [-0.4, -0.2) is 37.2 Å². The van der Waals surface area contributed by atoms with Crippen molar-refractivity contribution in [3.63, 3.8) is 0 Å². The van der Waals surface area contributed by atoms with Crippen molar-refractivity contribution in [3.8, 4) is 0 Å². The van der Waals surface area contributed by atoms with Crippen LogP contribution < -0.4 is 0 Å². The second-order valence-corrected chi connectivity index (χ2v) is 20.5. The van der Waals surface area contributed by atoms with Gasteiger partial charge in [0, 0.05) is 19.3 Å². The smallest absolute Gasteiger partial charge is 0.306 e. The molecule has 6 heteroatoms. The van der Waals surface area contributed by atoms with E-state index >= 15 is 0 Å². The molecular formula is C57H110O6. The highest BCUT2D eigenvalue weighted by atomic mass is 16.6. The molecule has 0 aromatic heterocycles. The van der Waals surface area contributed by atoms with Crippen molar-refractivity contribution >= 4 is 17.9 Å². The van der Waals surface area contributed by atoms with E-state index in [-0.39, 0.29) is 31.1 Å². The molecule has 0 aromatic carbocycles. The van der Waals surface area contributed by atoms with E-state index in [9.17, 15) is 14.4 Å². The summed E-state index contributed by atoms with van der Waals surface area (Å²) in [5.74, 6) is 0.855. The maximum atomic E-state index is 12.6. The molecule has 0 rings (SSSR count). The summed E-state index contributed by atoms with van der Waals surface area (Å²) in [5, 5.41) is 0. The second-order valence-electron chi connectivity index (χ2n) is 20.5. The van der Waals surface area contributed by atoms with Crippen LogP contribution in [0.5, 0.6) is 0 Å². The van der Waals surface area contributed by atoms with Crippen molar-refractivity contribution in [3.05, 3.63) is 0 Å². The lowest BCUT2D eigenvalue weighted by Crippen LogP contribution is -2.30. The zero-order valence-electron chi connectivity index (χ0n) is 43.2. The third-order valence-corrected chi connectivity index (χ3v) is 13.0. The van der Waals surface area contributed by atoms with E-state index in [2.05, 4.69) is 34.6 Å². The van der Waals surface area contributed by atoms with Gasteiger partial charge in [0.25, 0.3) is 0 Å².